The lowest BCUT2D eigenvalue weighted by molar-refractivity contribution is 0.433. The maximum atomic E-state index is 5.43. The van der Waals surface area contributed by atoms with Gasteiger partial charge in [-0.05, 0) is 40.2 Å². The van der Waals surface area contributed by atoms with E-state index in [1.807, 2.05) is 30.3 Å². The lowest BCUT2D eigenvalue weighted by Gasteiger charge is -2.00. The van der Waals surface area contributed by atoms with Gasteiger partial charge in [-0.1, -0.05) is 28.1 Å². The highest BCUT2D eigenvalue weighted by Crippen LogP contribution is 2.25. The van der Waals surface area contributed by atoms with Crippen LogP contribution in [0.15, 0.2) is 45.4 Å². The van der Waals surface area contributed by atoms with E-state index >= 15 is 0 Å². The third-order valence-electron chi connectivity index (χ3n) is 2.49. The van der Waals surface area contributed by atoms with Crippen LogP contribution in [-0.2, 0) is 0 Å². The number of benzene rings is 2. The molecule has 84 valence electrons. The predicted molar refractivity (Wildman–Crippen MR) is 69.4 cm³/mol. The van der Waals surface area contributed by atoms with Crippen LogP contribution < -0.4 is 5.73 Å². The highest BCUT2D eigenvalue weighted by atomic mass is 79.9. The van der Waals surface area contributed by atoms with Crippen molar-refractivity contribution in [3.8, 4) is 11.5 Å². The van der Waals surface area contributed by atoms with E-state index < -0.39 is 0 Å². The largest absolute Gasteiger partial charge is 0.365 e. The molecule has 1 heterocycles. The van der Waals surface area contributed by atoms with Gasteiger partial charge in [0.15, 0.2) is 0 Å². The number of nitrogens with two attached hydrogens (primary N) is 1. The molecule has 0 atom stereocenters. The Bertz CT molecular complexity index is 693. The summed E-state index contributed by atoms with van der Waals surface area (Å²) in [6.45, 7) is 0. The Morgan fingerprint density at radius 3 is 2.59 bits per heavy atom. The number of fused-ring (bicyclic) bond motifs is 1. The Labute approximate surface area is 106 Å². The Morgan fingerprint density at radius 1 is 1.06 bits per heavy atom. The van der Waals surface area contributed by atoms with Crippen LogP contribution in [0.5, 0.6) is 0 Å². The Morgan fingerprint density at radius 2 is 1.82 bits per heavy atom. The molecule has 0 aliphatic rings. The quantitative estimate of drug-likeness (QED) is 0.747. The molecule has 2 aromatic carbocycles. The zero-order valence-corrected chi connectivity index (χ0v) is 10.3. The van der Waals surface area contributed by atoms with Gasteiger partial charge in [0.1, 0.15) is 0 Å². The molecule has 0 aliphatic heterocycles. The van der Waals surface area contributed by atoms with Gasteiger partial charge >= 0.3 is 0 Å². The minimum absolute atomic E-state index is 0.149. The summed E-state index contributed by atoms with van der Waals surface area (Å²) in [5.74, 6) is 0.586. The van der Waals surface area contributed by atoms with E-state index in [0.29, 0.717) is 5.89 Å². The van der Waals surface area contributed by atoms with E-state index in [4.69, 9.17) is 10.3 Å². The van der Waals surface area contributed by atoms with Crippen LogP contribution in [0.1, 0.15) is 0 Å². The van der Waals surface area contributed by atoms with Crippen molar-refractivity contribution in [3.05, 3.63) is 40.9 Å². The molecule has 3 aromatic rings. The maximum Gasteiger partial charge on any atom is 0.261 e. The van der Waals surface area contributed by atoms with E-state index in [1.54, 1.807) is 0 Å². The van der Waals surface area contributed by atoms with Crippen LogP contribution in [0, 0.1) is 0 Å². The van der Waals surface area contributed by atoms with Gasteiger partial charge in [0, 0.05) is 10.0 Å². The number of nitrogen functional groups attached to an aromatic ring is 1. The summed E-state index contributed by atoms with van der Waals surface area (Å²) in [6.07, 6.45) is 0. The normalized spacial score (nSPS) is 10.9. The topological polar surface area (TPSA) is 64.9 Å². The zero-order chi connectivity index (χ0) is 11.8. The lowest BCUT2D eigenvalue weighted by atomic mass is 10.1. The van der Waals surface area contributed by atoms with E-state index in [1.165, 1.54) is 0 Å². The van der Waals surface area contributed by atoms with Crippen molar-refractivity contribution in [3.63, 3.8) is 0 Å². The summed E-state index contributed by atoms with van der Waals surface area (Å²) in [4.78, 5) is 4.00. The van der Waals surface area contributed by atoms with Crippen LogP contribution in [0.4, 0.5) is 5.95 Å². The van der Waals surface area contributed by atoms with Gasteiger partial charge in [-0.15, -0.1) is 0 Å². The van der Waals surface area contributed by atoms with E-state index in [2.05, 4.69) is 32.1 Å². The van der Waals surface area contributed by atoms with Crippen LogP contribution in [0.2, 0.25) is 0 Å². The number of rotatable bonds is 1. The molecule has 2 N–H and O–H groups in total. The van der Waals surface area contributed by atoms with Crippen LogP contribution in [0.3, 0.4) is 0 Å². The monoisotopic (exact) mass is 289 g/mol. The number of hydrogen-bond donors (Lipinski definition) is 1. The summed E-state index contributed by atoms with van der Waals surface area (Å²) in [6, 6.07) is 12.0. The van der Waals surface area contributed by atoms with Crippen LogP contribution in [0.25, 0.3) is 22.2 Å². The van der Waals surface area contributed by atoms with Crippen LogP contribution in [-0.4, -0.2) is 10.1 Å². The summed E-state index contributed by atoms with van der Waals surface area (Å²) < 4.78 is 6.08. The second-order valence-electron chi connectivity index (χ2n) is 3.66. The Kier molecular flexibility index (Phi) is 2.33. The van der Waals surface area contributed by atoms with Crippen molar-refractivity contribution in [2.24, 2.45) is 0 Å². The molecule has 0 bridgehead atoms. The fraction of sp³-hybridized carbons (Fsp3) is 0. The fourth-order valence-electron chi connectivity index (χ4n) is 1.70. The van der Waals surface area contributed by atoms with Gasteiger partial charge in [-0.25, -0.2) is 0 Å². The molecule has 4 nitrogen and oxygen atoms in total. The molecule has 17 heavy (non-hydrogen) atoms. The second-order valence-corrected chi connectivity index (χ2v) is 4.58. The van der Waals surface area contributed by atoms with Gasteiger partial charge in [-0.3, -0.25) is 0 Å². The Balaban J connectivity index is 2.16. The van der Waals surface area contributed by atoms with Crippen LogP contribution >= 0.6 is 15.9 Å². The molecular formula is C12H8BrN3O. The third-order valence-corrected chi connectivity index (χ3v) is 2.98. The molecule has 0 spiro atoms. The average Bonchev–Trinajstić information content (AvgIpc) is 2.75. The smallest absolute Gasteiger partial charge is 0.261 e. The van der Waals surface area contributed by atoms with E-state index in [0.717, 1.165) is 20.8 Å². The average molecular weight is 290 g/mol. The first-order chi connectivity index (χ1) is 8.22. The first kappa shape index (κ1) is 10.3. The van der Waals surface area contributed by atoms with Crippen molar-refractivity contribution in [2.45, 2.75) is 0 Å². The lowest BCUT2D eigenvalue weighted by Crippen LogP contribution is -1.85. The molecule has 0 fully saturated rings. The molecule has 3 rings (SSSR count). The van der Waals surface area contributed by atoms with E-state index in [-0.39, 0.29) is 5.95 Å². The molecule has 0 amide bonds. The Hall–Kier alpha value is -1.88. The highest BCUT2D eigenvalue weighted by molar-refractivity contribution is 9.10. The van der Waals surface area contributed by atoms with Crippen molar-refractivity contribution < 1.29 is 4.52 Å². The predicted octanol–water partition coefficient (Wildman–Crippen LogP) is 3.23. The number of aromatic nitrogens is 2. The summed E-state index contributed by atoms with van der Waals surface area (Å²) in [5.41, 5.74) is 6.29. The van der Waals surface area contributed by atoms with E-state index in [9.17, 15) is 0 Å². The van der Waals surface area contributed by atoms with Crippen molar-refractivity contribution >= 4 is 32.7 Å². The first-order valence-corrected chi connectivity index (χ1v) is 5.80. The maximum absolute atomic E-state index is 5.43. The van der Waals surface area contributed by atoms with Gasteiger partial charge in [-0.2, -0.15) is 4.98 Å². The third kappa shape index (κ3) is 1.89. The number of halogens is 1. The summed E-state index contributed by atoms with van der Waals surface area (Å²) in [7, 11) is 0. The zero-order valence-electron chi connectivity index (χ0n) is 8.72. The molecule has 0 saturated carbocycles. The molecular weight excluding hydrogens is 282 g/mol. The SMILES string of the molecule is Nc1noc(-c2ccc3cc(Br)ccc3c2)n1. The molecule has 1 aromatic heterocycles. The minimum Gasteiger partial charge on any atom is -0.365 e. The fourth-order valence-corrected chi connectivity index (χ4v) is 2.08. The standard InChI is InChI=1S/C12H8BrN3O/c13-10-4-3-7-5-9(2-1-8(7)6-10)11-15-12(14)16-17-11/h1-6H,(H2,14,16). The first-order valence-electron chi connectivity index (χ1n) is 5.01. The molecule has 0 saturated heterocycles. The van der Waals surface area contributed by atoms with Gasteiger partial charge in [0.2, 0.25) is 0 Å². The van der Waals surface area contributed by atoms with Crippen molar-refractivity contribution in [2.75, 3.05) is 5.73 Å². The molecule has 5 heteroatoms. The minimum atomic E-state index is 0.149. The molecule has 0 aliphatic carbocycles. The van der Waals surface area contributed by atoms with Crippen molar-refractivity contribution in [1.82, 2.24) is 10.1 Å². The highest BCUT2D eigenvalue weighted by Gasteiger charge is 2.07. The second kappa shape index (κ2) is 3.85. The van der Waals surface area contributed by atoms with Gasteiger partial charge in [0.05, 0.1) is 0 Å². The summed E-state index contributed by atoms with van der Waals surface area (Å²) in [5, 5.41) is 5.83. The number of nitrogens with zero attached hydrogens (tertiary/aromatic N) is 2. The van der Waals surface area contributed by atoms with Crippen molar-refractivity contribution in [1.29, 1.82) is 0 Å². The number of hydrogen-bond acceptors (Lipinski definition) is 4. The van der Waals surface area contributed by atoms with Gasteiger partial charge in [0.25, 0.3) is 11.8 Å². The summed E-state index contributed by atoms with van der Waals surface area (Å²) >= 11 is 3.44. The van der Waals surface area contributed by atoms with Gasteiger partial charge < -0.3 is 10.3 Å². The number of anilines is 1. The molecule has 0 radical (unpaired) electrons. The molecule has 0 unspecified atom stereocenters.